The first-order chi connectivity index (χ1) is 12.3. The fraction of sp³-hybridized carbons (Fsp3) is 0.550. The van der Waals surface area contributed by atoms with Crippen molar-refractivity contribution in [3.63, 3.8) is 0 Å². The zero-order valence-electron chi connectivity index (χ0n) is 17.1. The topological polar surface area (TPSA) is 69.9 Å². The second-order valence-corrected chi connectivity index (χ2v) is 9.03. The van der Waals surface area contributed by atoms with Gasteiger partial charge in [0.25, 0.3) is 0 Å². The van der Waals surface area contributed by atoms with E-state index in [0.29, 0.717) is 11.1 Å². The molecule has 1 aliphatic rings. The quantitative estimate of drug-likeness (QED) is 0.819. The van der Waals surface area contributed by atoms with Gasteiger partial charge in [-0.25, -0.2) is 4.79 Å². The average molecular weight is 373 g/mol. The number of hydrogen-bond donors (Lipinski definition) is 1. The van der Waals surface area contributed by atoms with Gasteiger partial charge in [0.05, 0.1) is 23.3 Å². The van der Waals surface area contributed by atoms with Crippen molar-refractivity contribution in [1.82, 2.24) is 4.57 Å². The number of nitrogens with zero attached hydrogens (tertiary/aromatic N) is 1. The van der Waals surface area contributed by atoms with E-state index in [1.807, 2.05) is 60.6 Å². The molecule has 1 N–H and O–H groups in total. The van der Waals surface area contributed by atoms with Gasteiger partial charge in [0.1, 0.15) is 5.60 Å². The van der Waals surface area contributed by atoms with Gasteiger partial charge in [0.15, 0.2) is 0 Å². The molecule has 1 aromatic carbocycles. The third-order valence-electron chi connectivity index (χ3n) is 5.20. The predicted molar refractivity (Wildman–Crippen MR) is 105 cm³/mol. The molecule has 0 bridgehead atoms. The zero-order chi connectivity index (χ0) is 20.2. The number of benzene rings is 1. The summed E-state index contributed by atoms with van der Waals surface area (Å²) in [6, 6.07) is 5.53. The number of aliphatic hydroxyl groups is 1. The highest BCUT2D eigenvalue weighted by Gasteiger charge is 2.51. The Kier molecular flexibility index (Phi) is 4.69. The number of aliphatic hydroxyl groups excluding tert-OH is 1. The predicted octanol–water partition coefficient (Wildman–Crippen LogP) is 3.22. The van der Waals surface area contributed by atoms with E-state index in [0.717, 1.165) is 10.8 Å². The van der Waals surface area contributed by atoms with Gasteiger partial charge in [-0.1, -0.05) is 6.07 Å². The van der Waals surface area contributed by atoms with Gasteiger partial charge in [-0.2, -0.15) is 0 Å². The van der Waals surface area contributed by atoms with E-state index in [4.69, 9.17) is 14.0 Å². The molecule has 27 heavy (non-hydrogen) atoms. The lowest BCUT2D eigenvalue weighted by Crippen LogP contribution is -2.41. The Balaban J connectivity index is 2.06. The van der Waals surface area contributed by atoms with Crippen LogP contribution in [0.15, 0.2) is 24.4 Å². The summed E-state index contributed by atoms with van der Waals surface area (Å²) >= 11 is 0. The van der Waals surface area contributed by atoms with E-state index in [-0.39, 0.29) is 6.61 Å². The summed E-state index contributed by atoms with van der Waals surface area (Å²) in [6.07, 6.45) is 1.19. The van der Waals surface area contributed by atoms with E-state index in [1.54, 1.807) is 12.3 Å². The number of carbonyl (C=O) groups is 1. The summed E-state index contributed by atoms with van der Waals surface area (Å²) in [6.45, 7) is 13.3. The molecule has 0 amide bonds. The fourth-order valence-electron chi connectivity index (χ4n) is 3.06. The molecule has 2 heterocycles. The monoisotopic (exact) mass is 373 g/mol. The van der Waals surface area contributed by atoms with Gasteiger partial charge < -0.3 is 19.2 Å². The van der Waals surface area contributed by atoms with Crippen molar-refractivity contribution in [1.29, 1.82) is 0 Å². The largest absolute Gasteiger partial charge is 0.494 e. The van der Waals surface area contributed by atoms with Crippen LogP contribution in [-0.2, 0) is 20.7 Å². The van der Waals surface area contributed by atoms with E-state index in [1.165, 1.54) is 4.57 Å². The summed E-state index contributed by atoms with van der Waals surface area (Å²) < 4.78 is 19.2. The lowest BCUT2D eigenvalue weighted by atomic mass is 9.78. The zero-order valence-corrected chi connectivity index (χ0v) is 17.1. The van der Waals surface area contributed by atoms with Crippen LogP contribution < -0.4 is 5.46 Å². The van der Waals surface area contributed by atoms with Crippen molar-refractivity contribution >= 4 is 29.6 Å². The maximum absolute atomic E-state index is 12.6. The van der Waals surface area contributed by atoms with Crippen LogP contribution in [0.1, 0.15) is 54.0 Å². The lowest BCUT2D eigenvalue weighted by molar-refractivity contribution is 0.00578. The number of rotatable bonds is 2. The van der Waals surface area contributed by atoms with Crippen LogP contribution in [0.3, 0.4) is 0 Å². The number of fused-ring (bicyclic) bond motifs is 1. The van der Waals surface area contributed by atoms with E-state index < -0.39 is 30.0 Å². The van der Waals surface area contributed by atoms with Crippen LogP contribution in [0.4, 0.5) is 4.79 Å². The third-order valence-corrected chi connectivity index (χ3v) is 5.20. The molecule has 0 unspecified atom stereocenters. The first-order valence-corrected chi connectivity index (χ1v) is 9.18. The Morgan fingerprint density at radius 1 is 1.19 bits per heavy atom. The van der Waals surface area contributed by atoms with Crippen LogP contribution in [0.25, 0.3) is 10.9 Å². The molecule has 6 nitrogen and oxygen atoms in total. The van der Waals surface area contributed by atoms with Gasteiger partial charge >= 0.3 is 13.2 Å². The smallest absolute Gasteiger partial charge is 0.443 e. The minimum absolute atomic E-state index is 0.151. The Morgan fingerprint density at radius 3 is 2.30 bits per heavy atom. The van der Waals surface area contributed by atoms with Crippen molar-refractivity contribution in [2.24, 2.45) is 0 Å². The molecular weight excluding hydrogens is 345 g/mol. The van der Waals surface area contributed by atoms with Crippen LogP contribution in [0.5, 0.6) is 0 Å². The molecule has 0 spiro atoms. The van der Waals surface area contributed by atoms with Crippen molar-refractivity contribution < 1.29 is 23.9 Å². The standard InChI is InChI=1S/C20H28BNO5/c1-18(2,3)25-17(24)22-9-8-15-13(12-23)10-14(11-16(15)22)21-26-19(4,5)20(6,7)27-21/h8-11,23H,12H2,1-7H3. The number of aromatic nitrogens is 1. The Bertz CT molecular complexity index is 862. The van der Waals surface area contributed by atoms with Gasteiger partial charge in [-0.05, 0) is 71.6 Å². The van der Waals surface area contributed by atoms with E-state index in [2.05, 4.69) is 0 Å². The first-order valence-electron chi connectivity index (χ1n) is 9.18. The highest BCUT2D eigenvalue weighted by Crippen LogP contribution is 2.37. The van der Waals surface area contributed by atoms with Crippen LogP contribution in [0.2, 0.25) is 0 Å². The SMILES string of the molecule is CC(C)(C)OC(=O)n1ccc2c(CO)cc(B3OC(C)(C)C(C)(C)O3)cc21. The highest BCUT2D eigenvalue weighted by atomic mass is 16.7. The van der Waals surface area contributed by atoms with Crippen LogP contribution in [0, 0.1) is 0 Å². The van der Waals surface area contributed by atoms with Gasteiger partial charge in [0.2, 0.25) is 0 Å². The molecule has 1 aromatic heterocycles. The summed E-state index contributed by atoms with van der Waals surface area (Å²) in [5, 5.41) is 10.6. The van der Waals surface area contributed by atoms with Gasteiger partial charge in [-0.15, -0.1) is 0 Å². The molecule has 1 aliphatic heterocycles. The minimum Gasteiger partial charge on any atom is -0.443 e. The van der Waals surface area contributed by atoms with E-state index >= 15 is 0 Å². The first kappa shape index (κ1) is 19.9. The van der Waals surface area contributed by atoms with Crippen molar-refractivity contribution in [3.05, 3.63) is 30.0 Å². The molecule has 7 heteroatoms. The van der Waals surface area contributed by atoms with Gasteiger partial charge in [0, 0.05) is 11.6 Å². The minimum atomic E-state index is -0.600. The molecule has 3 rings (SSSR count). The number of carbonyl (C=O) groups excluding carboxylic acids is 1. The maximum Gasteiger partial charge on any atom is 0.494 e. The summed E-state index contributed by atoms with van der Waals surface area (Å²) in [5.41, 5.74) is 0.573. The van der Waals surface area contributed by atoms with Gasteiger partial charge in [-0.3, -0.25) is 4.57 Å². The van der Waals surface area contributed by atoms with Crippen LogP contribution >= 0.6 is 0 Å². The third kappa shape index (κ3) is 3.64. The molecule has 0 radical (unpaired) electrons. The highest BCUT2D eigenvalue weighted by molar-refractivity contribution is 6.62. The normalized spacial score (nSPS) is 18.9. The van der Waals surface area contributed by atoms with E-state index in [9.17, 15) is 9.90 Å². The fourth-order valence-corrected chi connectivity index (χ4v) is 3.06. The van der Waals surface area contributed by atoms with Crippen molar-refractivity contribution in [2.75, 3.05) is 0 Å². The Labute approximate surface area is 160 Å². The lowest BCUT2D eigenvalue weighted by Gasteiger charge is -2.32. The second kappa shape index (κ2) is 6.36. The van der Waals surface area contributed by atoms with Crippen molar-refractivity contribution in [2.45, 2.75) is 71.9 Å². The number of ether oxygens (including phenoxy) is 1. The molecule has 1 saturated heterocycles. The molecule has 146 valence electrons. The Hall–Kier alpha value is -1.83. The summed E-state index contributed by atoms with van der Waals surface area (Å²) in [7, 11) is -0.577. The summed E-state index contributed by atoms with van der Waals surface area (Å²) in [5.74, 6) is 0. The molecule has 2 aromatic rings. The molecule has 0 aliphatic carbocycles. The maximum atomic E-state index is 12.6. The molecular formula is C20H28BNO5. The number of hydrogen-bond acceptors (Lipinski definition) is 5. The Morgan fingerprint density at radius 2 is 1.78 bits per heavy atom. The molecule has 1 fully saturated rings. The van der Waals surface area contributed by atoms with Crippen LogP contribution in [-0.4, -0.2) is 39.7 Å². The summed E-state index contributed by atoms with van der Waals surface area (Å²) in [4.78, 5) is 12.6. The molecule has 0 atom stereocenters. The van der Waals surface area contributed by atoms with Crippen molar-refractivity contribution in [3.8, 4) is 0 Å². The average Bonchev–Trinajstić information content (AvgIpc) is 3.03. The molecule has 0 saturated carbocycles. The second-order valence-electron chi connectivity index (χ2n) is 9.03.